The average Bonchev–Trinajstić information content (AvgIpc) is 2.65. The number of benzene rings is 3. The Balaban J connectivity index is 1.50. The fourth-order valence-electron chi connectivity index (χ4n) is 2.55. The van der Waals surface area contributed by atoms with E-state index in [9.17, 15) is 9.59 Å². The number of carbonyl (C=O) groups is 2. The van der Waals surface area contributed by atoms with Gasteiger partial charge in [0, 0.05) is 17.6 Å². The molecule has 0 saturated carbocycles. The van der Waals surface area contributed by atoms with Gasteiger partial charge in [0.2, 0.25) is 5.91 Å². The second-order valence-electron chi connectivity index (χ2n) is 5.60. The minimum Gasteiger partial charge on any atom is -0.376 e. The molecule has 0 spiro atoms. The monoisotopic (exact) mass is 333 g/mol. The second-order valence-corrected chi connectivity index (χ2v) is 5.60. The van der Waals surface area contributed by atoms with Crippen LogP contribution in [0.4, 0.5) is 10.5 Å². The molecule has 0 fully saturated rings. The number of fused-ring (bicyclic) bond motifs is 1. The molecule has 0 heterocycles. The van der Waals surface area contributed by atoms with Crippen molar-refractivity contribution in [3.8, 4) is 0 Å². The van der Waals surface area contributed by atoms with E-state index in [4.69, 9.17) is 0 Å². The molecule has 3 aromatic carbocycles. The molecule has 3 N–H and O–H groups in total. The van der Waals surface area contributed by atoms with Crippen LogP contribution in [0.3, 0.4) is 0 Å². The van der Waals surface area contributed by atoms with Gasteiger partial charge in [0.05, 0.1) is 6.54 Å². The number of anilines is 1. The van der Waals surface area contributed by atoms with Gasteiger partial charge in [-0.3, -0.25) is 10.1 Å². The van der Waals surface area contributed by atoms with E-state index in [1.807, 2.05) is 72.8 Å². The highest BCUT2D eigenvalue weighted by Crippen LogP contribution is 2.22. The molecule has 0 saturated heterocycles. The highest BCUT2D eigenvalue weighted by Gasteiger charge is 2.08. The van der Waals surface area contributed by atoms with Crippen molar-refractivity contribution in [2.75, 3.05) is 11.9 Å². The third kappa shape index (κ3) is 4.57. The predicted octanol–water partition coefficient (Wildman–Crippen LogP) is 3.28. The second kappa shape index (κ2) is 7.97. The summed E-state index contributed by atoms with van der Waals surface area (Å²) in [7, 11) is 0. The number of amides is 3. The van der Waals surface area contributed by atoms with Crippen molar-refractivity contribution >= 4 is 28.4 Å². The molecule has 126 valence electrons. The van der Waals surface area contributed by atoms with Crippen LogP contribution in [0.5, 0.6) is 0 Å². The van der Waals surface area contributed by atoms with Crippen LogP contribution < -0.4 is 16.0 Å². The van der Waals surface area contributed by atoms with E-state index in [-0.39, 0.29) is 6.54 Å². The number of urea groups is 1. The van der Waals surface area contributed by atoms with Crippen molar-refractivity contribution in [3.63, 3.8) is 0 Å². The molecule has 3 aromatic rings. The third-order valence-corrected chi connectivity index (χ3v) is 3.78. The Morgan fingerprint density at radius 3 is 2.36 bits per heavy atom. The molecule has 5 nitrogen and oxygen atoms in total. The molecule has 0 aliphatic rings. The molecule has 0 atom stereocenters. The standard InChI is InChI=1S/C20H19N3O2/c24-19(23-20(25)22-13-15-7-2-1-3-8-15)14-21-18-12-6-10-16-9-4-5-11-17(16)18/h1-12,21H,13-14H2,(H2,22,23,24,25). The summed E-state index contributed by atoms with van der Waals surface area (Å²) >= 11 is 0. The number of rotatable bonds is 5. The molecule has 25 heavy (non-hydrogen) atoms. The van der Waals surface area contributed by atoms with E-state index in [1.165, 1.54) is 0 Å². The summed E-state index contributed by atoms with van der Waals surface area (Å²) < 4.78 is 0. The van der Waals surface area contributed by atoms with E-state index >= 15 is 0 Å². The number of nitrogens with one attached hydrogen (secondary N) is 3. The van der Waals surface area contributed by atoms with Crippen molar-refractivity contribution in [1.82, 2.24) is 10.6 Å². The summed E-state index contributed by atoms with van der Waals surface area (Å²) in [5.41, 5.74) is 1.83. The van der Waals surface area contributed by atoms with E-state index in [0.717, 1.165) is 22.0 Å². The SMILES string of the molecule is O=C(CNc1cccc2ccccc12)NC(=O)NCc1ccccc1. The molecular weight excluding hydrogens is 314 g/mol. The Labute approximate surface area is 146 Å². The first kappa shape index (κ1) is 16.5. The highest BCUT2D eigenvalue weighted by atomic mass is 16.2. The van der Waals surface area contributed by atoms with Gasteiger partial charge in [0.25, 0.3) is 0 Å². The van der Waals surface area contributed by atoms with Crippen molar-refractivity contribution in [2.45, 2.75) is 6.54 Å². The molecule has 0 unspecified atom stereocenters. The maximum atomic E-state index is 11.9. The van der Waals surface area contributed by atoms with Crippen molar-refractivity contribution in [2.24, 2.45) is 0 Å². The predicted molar refractivity (Wildman–Crippen MR) is 99.3 cm³/mol. The highest BCUT2D eigenvalue weighted by molar-refractivity contribution is 5.98. The quantitative estimate of drug-likeness (QED) is 0.671. The topological polar surface area (TPSA) is 70.2 Å². The van der Waals surface area contributed by atoms with E-state index < -0.39 is 11.9 Å². The van der Waals surface area contributed by atoms with Gasteiger partial charge in [-0.2, -0.15) is 0 Å². The maximum absolute atomic E-state index is 11.9. The molecule has 0 aromatic heterocycles. The molecule has 0 aliphatic carbocycles. The molecular formula is C20H19N3O2. The van der Waals surface area contributed by atoms with Gasteiger partial charge in [-0.05, 0) is 17.0 Å². The zero-order valence-electron chi connectivity index (χ0n) is 13.7. The van der Waals surface area contributed by atoms with Crippen LogP contribution in [0.25, 0.3) is 10.8 Å². The fraction of sp³-hybridized carbons (Fsp3) is 0.100. The first-order chi connectivity index (χ1) is 12.2. The van der Waals surface area contributed by atoms with Crippen molar-refractivity contribution < 1.29 is 9.59 Å². The van der Waals surface area contributed by atoms with Gasteiger partial charge >= 0.3 is 6.03 Å². The first-order valence-electron chi connectivity index (χ1n) is 8.05. The Bertz CT molecular complexity index is 873. The van der Waals surface area contributed by atoms with Crippen LogP contribution >= 0.6 is 0 Å². The number of imide groups is 1. The summed E-state index contributed by atoms with van der Waals surface area (Å²) in [4.78, 5) is 23.7. The largest absolute Gasteiger partial charge is 0.376 e. The minimum absolute atomic E-state index is 0.0206. The zero-order chi connectivity index (χ0) is 17.5. The smallest absolute Gasteiger partial charge is 0.321 e. The van der Waals surface area contributed by atoms with E-state index in [1.54, 1.807) is 0 Å². The number of hydrogen-bond donors (Lipinski definition) is 3. The lowest BCUT2D eigenvalue weighted by Crippen LogP contribution is -2.41. The average molecular weight is 333 g/mol. The fourth-order valence-corrected chi connectivity index (χ4v) is 2.55. The Morgan fingerprint density at radius 2 is 1.52 bits per heavy atom. The van der Waals surface area contributed by atoms with Gasteiger partial charge in [-0.15, -0.1) is 0 Å². The van der Waals surface area contributed by atoms with Crippen LogP contribution in [-0.4, -0.2) is 18.5 Å². The lowest BCUT2D eigenvalue weighted by Gasteiger charge is -2.10. The molecule has 0 aliphatic heterocycles. The molecule has 5 heteroatoms. The minimum atomic E-state index is -0.506. The van der Waals surface area contributed by atoms with Gasteiger partial charge in [-0.25, -0.2) is 4.79 Å². The summed E-state index contributed by atoms with van der Waals surface area (Å²) in [6, 6.07) is 22.8. The summed E-state index contributed by atoms with van der Waals surface area (Å²) in [5.74, 6) is -0.390. The van der Waals surface area contributed by atoms with Crippen molar-refractivity contribution in [3.05, 3.63) is 78.4 Å². The van der Waals surface area contributed by atoms with Gasteiger partial charge < -0.3 is 10.6 Å². The summed E-state index contributed by atoms with van der Waals surface area (Å²) in [6.07, 6.45) is 0. The van der Waals surface area contributed by atoms with Crippen molar-refractivity contribution in [1.29, 1.82) is 0 Å². The van der Waals surface area contributed by atoms with E-state index in [2.05, 4.69) is 16.0 Å². The van der Waals surface area contributed by atoms with Crippen LogP contribution in [0.2, 0.25) is 0 Å². The third-order valence-electron chi connectivity index (χ3n) is 3.78. The van der Waals surface area contributed by atoms with Gasteiger partial charge in [-0.1, -0.05) is 66.7 Å². The normalized spacial score (nSPS) is 10.2. The Hall–Kier alpha value is -3.34. The Morgan fingerprint density at radius 1 is 0.800 bits per heavy atom. The molecule has 0 radical (unpaired) electrons. The van der Waals surface area contributed by atoms with Gasteiger partial charge in [0.1, 0.15) is 0 Å². The number of carbonyl (C=O) groups excluding carboxylic acids is 2. The lowest BCUT2D eigenvalue weighted by molar-refractivity contribution is -0.118. The van der Waals surface area contributed by atoms with Gasteiger partial charge in [0.15, 0.2) is 0 Å². The zero-order valence-corrected chi connectivity index (χ0v) is 13.7. The number of hydrogen-bond acceptors (Lipinski definition) is 3. The summed E-state index contributed by atoms with van der Waals surface area (Å²) in [6.45, 7) is 0.392. The van der Waals surface area contributed by atoms with E-state index in [0.29, 0.717) is 6.54 Å². The lowest BCUT2D eigenvalue weighted by atomic mass is 10.1. The van der Waals surface area contributed by atoms with Crippen LogP contribution in [0.1, 0.15) is 5.56 Å². The van der Waals surface area contributed by atoms with Crippen LogP contribution in [-0.2, 0) is 11.3 Å². The molecule has 0 bridgehead atoms. The summed E-state index contributed by atoms with van der Waals surface area (Å²) in [5, 5.41) is 10.2. The first-order valence-corrected chi connectivity index (χ1v) is 8.05. The Kier molecular flexibility index (Phi) is 5.26. The van der Waals surface area contributed by atoms with Crippen LogP contribution in [0, 0.1) is 0 Å². The maximum Gasteiger partial charge on any atom is 0.321 e. The molecule has 3 rings (SSSR count). The van der Waals surface area contributed by atoms with Crippen LogP contribution in [0.15, 0.2) is 72.8 Å². The molecule has 3 amide bonds.